The molecule has 3 rings (SSSR count). The van der Waals surface area contributed by atoms with Crippen molar-refractivity contribution in [1.29, 1.82) is 5.26 Å². The van der Waals surface area contributed by atoms with Gasteiger partial charge in [0.15, 0.2) is 0 Å². The Labute approximate surface area is 196 Å². The first-order valence-electron chi connectivity index (χ1n) is 9.51. The third-order valence-corrected chi connectivity index (χ3v) is 4.58. The highest BCUT2D eigenvalue weighted by atomic mass is 35.5. The lowest BCUT2D eigenvalue weighted by molar-refractivity contribution is -0.138. The number of benzene rings is 2. The fourth-order valence-electron chi connectivity index (χ4n) is 2.99. The maximum absolute atomic E-state index is 10.8. The van der Waals surface area contributed by atoms with E-state index in [2.05, 4.69) is 16.2 Å². The number of ether oxygens (including phenoxy) is 1. The molecule has 0 atom stereocenters. The van der Waals surface area contributed by atoms with Gasteiger partial charge in [0.05, 0.1) is 23.2 Å². The molecule has 1 N–H and O–H groups in total. The minimum Gasteiger partial charge on any atom is -0.490 e. The Morgan fingerprint density at radius 3 is 2.69 bits per heavy atom. The third-order valence-electron chi connectivity index (χ3n) is 4.27. The van der Waals surface area contributed by atoms with Gasteiger partial charge in [-0.25, -0.2) is 0 Å². The molecule has 1 heterocycles. The van der Waals surface area contributed by atoms with E-state index in [1.165, 1.54) is 0 Å². The Kier molecular flexibility index (Phi) is 8.61. The van der Waals surface area contributed by atoms with Crippen LogP contribution in [0.3, 0.4) is 0 Å². The van der Waals surface area contributed by atoms with E-state index in [0.29, 0.717) is 39.8 Å². The number of hydrogen-bond acceptors (Lipinski definition) is 7. The Hall–Kier alpha value is -3.12. The average molecular weight is 477 g/mol. The first-order chi connectivity index (χ1) is 14.8. The van der Waals surface area contributed by atoms with Gasteiger partial charge >= 0.3 is 5.97 Å². The fourth-order valence-corrected chi connectivity index (χ4v) is 3.28. The normalized spacial score (nSPS) is 10.7. The van der Waals surface area contributed by atoms with Crippen molar-refractivity contribution < 1.29 is 19.2 Å². The number of hydrogen-bond donors (Lipinski definition) is 1. The van der Waals surface area contributed by atoms with Crippen LogP contribution in [0.4, 0.5) is 0 Å². The number of nitriles is 1. The van der Waals surface area contributed by atoms with E-state index in [1.54, 1.807) is 42.3 Å². The van der Waals surface area contributed by atoms with E-state index in [1.807, 2.05) is 19.9 Å². The largest absolute Gasteiger partial charge is 0.490 e. The molecule has 2 aromatic carbocycles. The lowest BCUT2D eigenvalue weighted by Gasteiger charge is -2.14. The van der Waals surface area contributed by atoms with Crippen molar-refractivity contribution in [2.75, 3.05) is 13.6 Å². The second-order valence-electron chi connectivity index (χ2n) is 7.29. The number of carboxylic acids is 1. The summed E-state index contributed by atoms with van der Waals surface area (Å²) in [6.45, 7) is 4.14. The molecule has 8 nitrogen and oxygen atoms in total. The number of aromatic nitrogens is 2. The highest BCUT2D eigenvalue weighted by Gasteiger charge is 2.16. The zero-order chi connectivity index (χ0) is 22.5. The van der Waals surface area contributed by atoms with Gasteiger partial charge in [-0.3, -0.25) is 9.69 Å². The van der Waals surface area contributed by atoms with E-state index >= 15 is 0 Å². The standard InChI is InChI=1S/C22H21ClN4O4.ClH/c1-13(2)30-19-7-5-15(9-16(19)10-24)22-25-21(26-31-22)17-6-4-14(8-18(17)23)11-27(3)12-20(28)29;/h4-9,13H,11-12H2,1-3H3,(H,28,29);1H. The number of carboxylic acid groups (broad SMARTS) is 1. The van der Waals surface area contributed by atoms with Crippen LogP contribution in [0.25, 0.3) is 22.8 Å². The fraction of sp³-hybridized carbons (Fsp3) is 0.273. The molecule has 1 aromatic heterocycles. The number of likely N-dealkylation sites (N-methyl/N-ethyl adjacent to an activating group) is 1. The summed E-state index contributed by atoms with van der Waals surface area (Å²) < 4.78 is 11.0. The van der Waals surface area contributed by atoms with Crippen molar-refractivity contribution in [3.8, 4) is 34.7 Å². The van der Waals surface area contributed by atoms with Crippen molar-refractivity contribution in [2.45, 2.75) is 26.5 Å². The van der Waals surface area contributed by atoms with E-state index in [0.717, 1.165) is 5.56 Å². The number of nitrogens with zero attached hydrogens (tertiary/aromatic N) is 4. The van der Waals surface area contributed by atoms with Crippen LogP contribution in [0, 0.1) is 11.3 Å². The molecule has 0 unspecified atom stereocenters. The topological polar surface area (TPSA) is 112 Å². The van der Waals surface area contributed by atoms with Crippen molar-refractivity contribution in [1.82, 2.24) is 15.0 Å². The van der Waals surface area contributed by atoms with Gasteiger partial charge in [-0.2, -0.15) is 10.2 Å². The smallest absolute Gasteiger partial charge is 0.317 e. The Bertz CT molecular complexity index is 1140. The van der Waals surface area contributed by atoms with E-state index < -0.39 is 5.97 Å². The summed E-state index contributed by atoms with van der Waals surface area (Å²) in [6.07, 6.45) is -0.0537. The summed E-state index contributed by atoms with van der Waals surface area (Å²) in [6, 6.07) is 12.5. The molecule has 0 aliphatic heterocycles. The zero-order valence-corrected chi connectivity index (χ0v) is 19.3. The van der Waals surface area contributed by atoms with Gasteiger partial charge in [-0.05, 0) is 56.8 Å². The van der Waals surface area contributed by atoms with Crippen LogP contribution >= 0.6 is 24.0 Å². The summed E-state index contributed by atoms with van der Waals surface area (Å²) in [7, 11) is 1.72. The molecule has 10 heteroatoms. The van der Waals surface area contributed by atoms with E-state index in [4.69, 9.17) is 26.0 Å². The lowest BCUT2D eigenvalue weighted by Crippen LogP contribution is -2.25. The average Bonchev–Trinajstić information content (AvgIpc) is 3.17. The molecule has 0 aliphatic carbocycles. The van der Waals surface area contributed by atoms with E-state index in [9.17, 15) is 10.1 Å². The molecule has 0 saturated heterocycles. The summed E-state index contributed by atoms with van der Waals surface area (Å²) in [4.78, 5) is 16.9. The molecule has 3 aromatic rings. The molecule has 0 bridgehead atoms. The maximum Gasteiger partial charge on any atom is 0.317 e. The minimum atomic E-state index is -0.895. The number of rotatable bonds is 8. The van der Waals surface area contributed by atoms with E-state index in [-0.39, 0.29) is 30.9 Å². The summed E-state index contributed by atoms with van der Waals surface area (Å²) in [5.74, 6) is 0.163. The first kappa shape index (κ1) is 25.1. The monoisotopic (exact) mass is 476 g/mol. The molecular weight excluding hydrogens is 455 g/mol. The Morgan fingerprint density at radius 2 is 2.06 bits per heavy atom. The maximum atomic E-state index is 10.8. The molecular formula is C22H22Cl2N4O4. The van der Waals surface area contributed by atoms with Crippen molar-refractivity contribution >= 4 is 30.0 Å². The summed E-state index contributed by atoms with van der Waals surface area (Å²) in [5, 5.41) is 22.7. The third kappa shape index (κ3) is 6.20. The van der Waals surface area contributed by atoms with Gasteiger partial charge < -0.3 is 14.4 Å². The second-order valence-corrected chi connectivity index (χ2v) is 7.70. The molecule has 168 valence electrons. The van der Waals surface area contributed by atoms with Gasteiger partial charge in [0.1, 0.15) is 11.8 Å². The van der Waals surface area contributed by atoms with Crippen LogP contribution in [0.2, 0.25) is 5.02 Å². The van der Waals surface area contributed by atoms with Crippen LogP contribution in [-0.2, 0) is 11.3 Å². The minimum absolute atomic E-state index is 0. The van der Waals surface area contributed by atoms with Crippen LogP contribution < -0.4 is 4.74 Å². The summed E-state index contributed by atoms with van der Waals surface area (Å²) in [5.41, 5.74) is 2.41. The van der Waals surface area contributed by atoms with Crippen LogP contribution in [-0.4, -0.2) is 45.8 Å². The Balaban J connectivity index is 0.00000363. The van der Waals surface area contributed by atoms with Gasteiger partial charge in [0.25, 0.3) is 5.89 Å². The second kappa shape index (κ2) is 11.0. The predicted molar refractivity (Wildman–Crippen MR) is 122 cm³/mol. The molecule has 0 fully saturated rings. The van der Waals surface area contributed by atoms with Crippen molar-refractivity contribution in [2.24, 2.45) is 0 Å². The highest BCUT2D eigenvalue weighted by molar-refractivity contribution is 6.33. The first-order valence-corrected chi connectivity index (χ1v) is 9.88. The van der Waals surface area contributed by atoms with Crippen molar-refractivity contribution in [3.63, 3.8) is 0 Å². The van der Waals surface area contributed by atoms with Crippen molar-refractivity contribution in [3.05, 3.63) is 52.5 Å². The molecule has 32 heavy (non-hydrogen) atoms. The number of halogens is 2. The van der Waals surface area contributed by atoms with Crippen LogP contribution in [0.15, 0.2) is 40.9 Å². The SMILES string of the molecule is CC(C)Oc1ccc(-c2nc(-c3ccc(CN(C)CC(=O)O)cc3Cl)no2)cc1C#N.Cl. The lowest BCUT2D eigenvalue weighted by atomic mass is 10.1. The molecule has 0 spiro atoms. The quantitative estimate of drug-likeness (QED) is 0.499. The van der Waals surface area contributed by atoms with Crippen LogP contribution in [0.5, 0.6) is 5.75 Å². The van der Waals surface area contributed by atoms with Crippen LogP contribution in [0.1, 0.15) is 25.0 Å². The predicted octanol–water partition coefficient (Wildman–Crippen LogP) is 4.65. The number of carbonyl (C=O) groups is 1. The Morgan fingerprint density at radius 1 is 1.31 bits per heavy atom. The zero-order valence-electron chi connectivity index (χ0n) is 17.7. The number of aliphatic carboxylic acids is 1. The highest BCUT2D eigenvalue weighted by Crippen LogP contribution is 2.31. The molecule has 0 saturated carbocycles. The van der Waals surface area contributed by atoms with Gasteiger partial charge in [0, 0.05) is 17.7 Å². The molecule has 0 amide bonds. The van der Waals surface area contributed by atoms with Gasteiger partial charge in [0.2, 0.25) is 5.82 Å². The molecule has 0 radical (unpaired) electrons. The molecule has 0 aliphatic rings. The van der Waals surface area contributed by atoms with Gasteiger partial charge in [-0.15, -0.1) is 12.4 Å². The van der Waals surface area contributed by atoms with Gasteiger partial charge in [-0.1, -0.05) is 22.8 Å². The summed E-state index contributed by atoms with van der Waals surface area (Å²) >= 11 is 6.41.